The van der Waals surface area contributed by atoms with Crippen LogP contribution in [0.4, 0.5) is 11.4 Å². The van der Waals surface area contributed by atoms with Gasteiger partial charge in [-0.15, -0.1) is 0 Å². The number of sulfone groups is 1. The molecule has 2 aromatic rings. The molecule has 8 nitrogen and oxygen atoms in total. The van der Waals surface area contributed by atoms with Gasteiger partial charge in [-0.3, -0.25) is 20.2 Å². The van der Waals surface area contributed by atoms with Crippen molar-refractivity contribution in [3.05, 3.63) is 78.9 Å². The van der Waals surface area contributed by atoms with Crippen LogP contribution in [0.3, 0.4) is 0 Å². The monoisotopic (exact) mass is 616 g/mol. The normalized spacial score (nSPS) is 13.8. The Balaban J connectivity index is 2.57. The van der Waals surface area contributed by atoms with Crippen molar-refractivity contribution in [2.24, 2.45) is 0 Å². The molecular weight excluding hydrogens is 602 g/mol. The van der Waals surface area contributed by atoms with E-state index in [9.17, 15) is 28.6 Å². The van der Waals surface area contributed by atoms with E-state index in [1.165, 1.54) is 24.3 Å². The fraction of sp³-hybridized carbons (Fsp3) is 0.250. The zero-order chi connectivity index (χ0) is 20.5. The van der Waals surface area contributed by atoms with Crippen molar-refractivity contribution in [3.8, 4) is 0 Å². The van der Waals surface area contributed by atoms with Gasteiger partial charge in [-0.2, -0.15) is 0 Å². The molecule has 0 amide bonds. The van der Waals surface area contributed by atoms with Crippen molar-refractivity contribution in [2.75, 3.05) is 0 Å². The maximum Gasteiger partial charge on any atom is 0.274 e. The van der Waals surface area contributed by atoms with E-state index in [1.807, 2.05) is 0 Å². The summed E-state index contributed by atoms with van der Waals surface area (Å²) in [6.07, 6.45) is 0. The fourth-order valence-electron chi connectivity index (χ4n) is 2.47. The SMILES string of the molecule is Cc1ccc(C(I)S(=O)(=O)C(I)c2ccc(C)cc2[N+](=O)[O-])c([N+](=O)[O-])c1. The number of aryl methyl sites for hydroxylation is 2. The molecule has 0 aliphatic rings. The van der Waals surface area contributed by atoms with Crippen LogP contribution in [-0.2, 0) is 9.84 Å². The summed E-state index contributed by atoms with van der Waals surface area (Å²) in [5, 5.41) is 22.7. The summed E-state index contributed by atoms with van der Waals surface area (Å²) in [6.45, 7) is 3.34. The molecule has 0 heterocycles. The van der Waals surface area contributed by atoms with Gasteiger partial charge in [0, 0.05) is 12.1 Å². The smallest absolute Gasteiger partial charge is 0.258 e. The number of hydrogen-bond donors (Lipinski definition) is 0. The second kappa shape index (κ2) is 8.34. The van der Waals surface area contributed by atoms with Gasteiger partial charge in [0.05, 0.1) is 21.0 Å². The third-order valence-corrected chi connectivity index (χ3v) is 11.1. The zero-order valence-electron chi connectivity index (χ0n) is 14.1. The second-order valence-corrected chi connectivity index (χ2v) is 12.2. The van der Waals surface area contributed by atoms with Crippen LogP contribution in [0.1, 0.15) is 28.8 Å². The Bertz CT molecular complexity index is 950. The molecule has 0 aliphatic carbocycles. The standard InChI is InChI=1S/C16H14I2N2O6S/c1-9-3-5-11(13(7-9)19(21)22)15(17)27(25,26)16(18)12-6-4-10(2)8-14(12)20(23)24/h3-8,15-16H,1-2H3. The Morgan fingerprint density at radius 3 is 1.44 bits per heavy atom. The number of rotatable bonds is 6. The lowest BCUT2D eigenvalue weighted by Gasteiger charge is -2.17. The van der Waals surface area contributed by atoms with E-state index in [1.54, 1.807) is 71.2 Å². The van der Waals surface area contributed by atoms with Crippen LogP contribution < -0.4 is 0 Å². The van der Waals surface area contributed by atoms with Gasteiger partial charge in [0.2, 0.25) is 0 Å². The Morgan fingerprint density at radius 1 is 0.815 bits per heavy atom. The summed E-state index contributed by atoms with van der Waals surface area (Å²) < 4.78 is 23.7. The van der Waals surface area contributed by atoms with Crippen LogP contribution in [0.25, 0.3) is 0 Å². The van der Waals surface area contributed by atoms with E-state index in [0.717, 1.165) is 0 Å². The van der Waals surface area contributed by atoms with Gasteiger partial charge >= 0.3 is 0 Å². The summed E-state index contributed by atoms with van der Waals surface area (Å²) in [5.74, 6) is 0. The molecule has 0 saturated carbocycles. The molecule has 0 N–H and O–H groups in total. The minimum absolute atomic E-state index is 0.0441. The third-order valence-electron chi connectivity index (χ3n) is 3.83. The summed E-state index contributed by atoms with van der Waals surface area (Å²) in [5.41, 5.74) is 0.767. The van der Waals surface area contributed by atoms with Crippen LogP contribution in [0.5, 0.6) is 0 Å². The minimum atomic E-state index is -4.02. The van der Waals surface area contributed by atoms with Crippen molar-refractivity contribution in [3.63, 3.8) is 0 Å². The highest BCUT2D eigenvalue weighted by Crippen LogP contribution is 2.46. The topological polar surface area (TPSA) is 120 Å². The third kappa shape index (κ3) is 4.56. The van der Waals surface area contributed by atoms with Gasteiger partial charge in [-0.05, 0) is 37.1 Å². The summed E-state index contributed by atoms with van der Waals surface area (Å²) >= 11 is 3.26. The Labute approximate surface area is 182 Å². The lowest BCUT2D eigenvalue weighted by atomic mass is 10.1. The highest BCUT2D eigenvalue weighted by molar-refractivity contribution is 14.1. The maximum absolute atomic E-state index is 13.1. The molecule has 2 rings (SSSR count). The Morgan fingerprint density at radius 2 is 1.15 bits per heavy atom. The predicted molar refractivity (Wildman–Crippen MR) is 118 cm³/mol. The van der Waals surface area contributed by atoms with Crippen molar-refractivity contribution in [2.45, 2.75) is 20.4 Å². The van der Waals surface area contributed by atoms with Gasteiger partial charge in [0.1, 0.15) is 6.51 Å². The molecule has 0 fully saturated rings. The van der Waals surface area contributed by atoms with E-state index < -0.39 is 26.2 Å². The van der Waals surface area contributed by atoms with Crippen molar-refractivity contribution >= 4 is 66.4 Å². The fourth-order valence-corrected chi connectivity index (χ4v) is 8.28. The number of nitro groups is 2. The van der Waals surface area contributed by atoms with E-state index in [0.29, 0.717) is 11.1 Å². The van der Waals surface area contributed by atoms with Crippen molar-refractivity contribution < 1.29 is 18.3 Å². The van der Waals surface area contributed by atoms with Crippen LogP contribution in [0, 0.1) is 34.1 Å². The highest BCUT2D eigenvalue weighted by Gasteiger charge is 2.39. The molecule has 144 valence electrons. The van der Waals surface area contributed by atoms with E-state index in [2.05, 4.69) is 0 Å². The average Bonchev–Trinajstić information content (AvgIpc) is 2.60. The zero-order valence-corrected chi connectivity index (χ0v) is 19.3. The first-order chi connectivity index (χ1) is 12.5. The molecule has 2 atom stereocenters. The van der Waals surface area contributed by atoms with Gasteiger partial charge in [-0.25, -0.2) is 8.42 Å². The summed E-state index contributed by atoms with van der Waals surface area (Å²) in [4.78, 5) is 21.4. The molecular formula is C16H14I2N2O6S. The van der Waals surface area contributed by atoms with Crippen LogP contribution >= 0.6 is 45.2 Å². The Kier molecular flexibility index (Phi) is 6.78. The van der Waals surface area contributed by atoms with Gasteiger partial charge in [0.15, 0.2) is 9.84 Å². The first-order valence-corrected chi connectivity index (χ1v) is 11.6. The van der Waals surface area contributed by atoms with Gasteiger partial charge < -0.3 is 0 Å². The average molecular weight is 616 g/mol. The molecule has 0 aromatic heterocycles. The molecule has 2 unspecified atom stereocenters. The van der Waals surface area contributed by atoms with E-state index >= 15 is 0 Å². The number of alkyl halides is 2. The van der Waals surface area contributed by atoms with E-state index in [-0.39, 0.29) is 22.5 Å². The quantitative estimate of drug-likeness (QED) is 0.193. The first kappa shape index (κ1) is 21.9. The minimum Gasteiger partial charge on any atom is -0.258 e. The molecule has 11 heteroatoms. The largest absolute Gasteiger partial charge is 0.274 e. The molecule has 2 aromatic carbocycles. The van der Waals surface area contributed by atoms with E-state index in [4.69, 9.17) is 0 Å². The van der Waals surface area contributed by atoms with Crippen LogP contribution in [0.2, 0.25) is 0 Å². The lowest BCUT2D eigenvalue weighted by molar-refractivity contribution is -0.385. The molecule has 0 radical (unpaired) electrons. The van der Waals surface area contributed by atoms with Gasteiger partial charge in [-0.1, -0.05) is 57.3 Å². The summed E-state index contributed by atoms with van der Waals surface area (Å²) in [6, 6.07) is 8.64. The van der Waals surface area contributed by atoms with Crippen LogP contribution in [0.15, 0.2) is 36.4 Å². The predicted octanol–water partition coefficient (Wildman–Crippen LogP) is 5.10. The number of benzene rings is 2. The number of hydrogen-bond acceptors (Lipinski definition) is 6. The molecule has 27 heavy (non-hydrogen) atoms. The maximum atomic E-state index is 13.1. The molecule has 0 bridgehead atoms. The lowest BCUT2D eigenvalue weighted by Crippen LogP contribution is -2.15. The number of nitrogens with zero attached hydrogens (tertiary/aromatic N) is 2. The second-order valence-electron chi connectivity index (χ2n) is 5.86. The Hall–Kier alpha value is -1.35. The first-order valence-electron chi connectivity index (χ1n) is 7.47. The molecule has 0 spiro atoms. The number of halogens is 2. The van der Waals surface area contributed by atoms with Crippen molar-refractivity contribution in [1.82, 2.24) is 0 Å². The molecule has 0 aliphatic heterocycles. The molecule has 0 saturated heterocycles. The highest BCUT2D eigenvalue weighted by atomic mass is 127. The van der Waals surface area contributed by atoms with Gasteiger partial charge in [0.25, 0.3) is 11.4 Å². The summed E-state index contributed by atoms with van der Waals surface area (Å²) in [7, 11) is -4.02. The number of nitro benzene ring substituents is 2. The van der Waals surface area contributed by atoms with Crippen molar-refractivity contribution in [1.29, 1.82) is 0 Å². The van der Waals surface area contributed by atoms with Crippen LogP contribution in [-0.4, -0.2) is 18.3 Å².